The predicted octanol–water partition coefficient (Wildman–Crippen LogP) is 0.687. The molecule has 116 valence electrons. The van der Waals surface area contributed by atoms with Gasteiger partial charge in [0.05, 0.1) is 6.61 Å². The lowest BCUT2D eigenvalue weighted by Gasteiger charge is -2.21. The van der Waals surface area contributed by atoms with Crippen LogP contribution in [-0.4, -0.2) is 49.3 Å². The van der Waals surface area contributed by atoms with Gasteiger partial charge < -0.3 is 26.0 Å². The standard InChI is InChI=1S/C14H24N6O/c1-3-9-6-17-12-11(21-8-9)13(19-14(15)18-12)20-5-4-10(7-20)16-2/h9-10,16H,3-8H2,1-2H3,(H3,15,17,18,19)/t9?,10-/m1/s1. The first-order chi connectivity index (χ1) is 10.2. The van der Waals surface area contributed by atoms with Gasteiger partial charge in [-0.2, -0.15) is 9.97 Å². The molecule has 4 N–H and O–H groups in total. The fourth-order valence-electron chi connectivity index (χ4n) is 2.87. The lowest BCUT2D eigenvalue weighted by Crippen LogP contribution is -2.30. The summed E-state index contributed by atoms with van der Waals surface area (Å²) in [5.41, 5.74) is 5.88. The third kappa shape index (κ3) is 2.83. The SMILES string of the molecule is CCC1CNc2nc(N)nc(N3CC[C@@H](NC)C3)c2OC1. The number of anilines is 3. The maximum absolute atomic E-state index is 6.01. The number of rotatable bonds is 3. The van der Waals surface area contributed by atoms with E-state index in [-0.39, 0.29) is 0 Å². The van der Waals surface area contributed by atoms with Gasteiger partial charge in [0.1, 0.15) is 0 Å². The van der Waals surface area contributed by atoms with E-state index in [1.165, 1.54) is 0 Å². The van der Waals surface area contributed by atoms with Crippen molar-refractivity contribution in [2.45, 2.75) is 25.8 Å². The van der Waals surface area contributed by atoms with Crippen LogP contribution in [0.4, 0.5) is 17.6 Å². The number of nitrogens with one attached hydrogen (secondary N) is 2. The molecule has 3 rings (SSSR count). The molecule has 3 heterocycles. The number of aromatic nitrogens is 2. The second-order valence-corrected chi connectivity index (χ2v) is 5.77. The molecule has 2 aliphatic heterocycles. The average Bonchev–Trinajstić information content (AvgIpc) is 2.87. The molecule has 0 amide bonds. The molecule has 1 saturated heterocycles. The summed E-state index contributed by atoms with van der Waals surface area (Å²) in [7, 11) is 1.99. The molecule has 1 unspecified atom stereocenters. The van der Waals surface area contributed by atoms with Crippen LogP contribution in [0.2, 0.25) is 0 Å². The van der Waals surface area contributed by atoms with Crippen molar-refractivity contribution in [1.29, 1.82) is 0 Å². The summed E-state index contributed by atoms with van der Waals surface area (Å²) in [4.78, 5) is 11.0. The molecular formula is C14H24N6O. The van der Waals surface area contributed by atoms with Gasteiger partial charge in [-0.25, -0.2) is 0 Å². The van der Waals surface area contributed by atoms with Crippen molar-refractivity contribution in [3.63, 3.8) is 0 Å². The Morgan fingerprint density at radius 3 is 3.05 bits per heavy atom. The highest BCUT2D eigenvalue weighted by atomic mass is 16.5. The van der Waals surface area contributed by atoms with Crippen molar-refractivity contribution in [2.75, 3.05) is 49.2 Å². The lowest BCUT2D eigenvalue weighted by molar-refractivity contribution is 0.260. The summed E-state index contributed by atoms with van der Waals surface area (Å²) in [6, 6.07) is 0.485. The Kier molecular flexibility index (Phi) is 4.01. The van der Waals surface area contributed by atoms with E-state index in [1.807, 2.05) is 7.05 Å². The maximum atomic E-state index is 6.01. The second kappa shape index (κ2) is 5.93. The minimum absolute atomic E-state index is 0.294. The molecule has 1 fully saturated rings. The summed E-state index contributed by atoms with van der Waals surface area (Å²) in [5, 5.41) is 6.67. The van der Waals surface area contributed by atoms with Crippen molar-refractivity contribution >= 4 is 17.6 Å². The quantitative estimate of drug-likeness (QED) is 0.755. The summed E-state index contributed by atoms with van der Waals surface area (Å²) in [6.45, 7) is 5.60. The van der Waals surface area contributed by atoms with Gasteiger partial charge in [0.15, 0.2) is 11.6 Å². The maximum Gasteiger partial charge on any atom is 0.224 e. The molecule has 0 saturated carbocycles. The predicted molar refractivity (Wildman–Crippen MR) is 83.9 cm³/mol. The minimum atomic E-state index is 0.294. The van der Waals surface area contributed by atoms with Gasteiger partial charge in [-0.1, -0.05) is 6.92 Å². The molecule has 0 spiro atoms. The molecule has 21 heavy (non-hydrogen) atoms. The second-order valence-electron chi connectivity index (χ2n) is 5.77. The van der Waals surface area contributed by atoms with E-state index in [1.54, 1.807) is 0 Å². The Morgan fingerprint density at radius 2 is 2.33 bits per heavy atom. The number of fused-ring (bicyclic) bond motifs is 1. The van der Waals surface area contributed by atoms with Crippen molar-refractivity contribution in [2.24, 2.45) is 5.92 Å². The van der Waals surface area contributed by atoms with Crippen LogP contribution < -0.4 is 26.0 Å². The first-order valence-corrected chi connectivity index (χ1v) is 7.67. The van der Waals surface area contributed by atoms with E-state index in [4.69, 9.17) is 10.5 Å². The van der Waals surface area contributed by atoms with Gasteiger partial charge in [-0.3, -0.25) is 0 Å². The van der Waals surface area contributed by atoms with Gasteiger partial charge >= 0.3 is 0 Å². The highest BCUT2D eigenvalue weighted by Crippen LogP contribution is 2.37. The molecular weight excluding hydrogens is 268 g/mol. The van der Waals surface area contributed by atoms with Gasteiger partial charge in [-0.15, -0.1) is 0 Å². The molecule has 2 aliphatic rings. The van der Waals surface area contributed by atoms with Gasteiger partial charge in [0, 0.05) is 31.6 Å². The van der Waals surface area contributed by atoms with E-state index in [9.17, 15) is 0 Å². The van der Waals surface area contributed by atoms with E-state index in [2.05, 4.69) is 32.4 Å². The Balaban J connectivity index is 1.90. The zero-order chi connectivity index (χ0) is 14.8. The number of hydrogen-bond acceptors (Lipinski definition) is 7. The number of ether oxygens (including phenoxy) is 1. The summed E-state index contributed by atoms with van der Waals surface area (Å²) < 4.78 is 6.01. The van der Waals surface area contributed by atoms with Gasteiger partial charge in [-0.05, 0) is 19.9 Å². The summed E-state index contributed by atoms with van der Waals surface area (Å²) >= 11 is 0. The molecule has 2 atom stereocenters. The Morgan fingerprint density at radius 1 is 1.48 bits per heavy atom. The zero-order valence-corrected chi connectivity index (χ0v) is 12.7. The smallest absolute Gasteiger partial charge is 0.224 e. The molecule has 0 bridgehead atoms. The van der Waals surface area contributed by atoms with Crippen molar-refractivity contribution in [3.05, 3.63) is 0 Å². The first-order valence-electron chi connectivity index (χ1n) is 7.67. The topological polar surface area (TPSA) is 88.3 Å². The van der Waals surface area contributed by atoms with Crippen LogP contribution in [-0.2, 0) is 0 Å². The largest absolute Gasteiger partial charge is 0.486 e. The van der Waals surface area contributed by atoms with Crippen LogP contribution in [0.5, 0.6) is 5.75 Å². The number of likely N-dealkylation sites (N-methyl/N-ethyl adjacent to an activating group) is 1. The van der Waals surface area contributed by atoms with Crippen LogP contribution in [0.1, 0.15) is 19.8 Å². The van der Waals surface area contributed by atoms with E-state index < -0.39 is 0 Å². The van der Waals surface area contributed by atoms with Crippen LogP contribution in [0.25, 0.3) is 0 Å². The normalized spacial score (nSPS) is 25.0. The van der Waals surface area contributed by atoms with Crippen molar-refractivity contribution in [1.82, 2.24) is 15.3 Å². The van der Waals surface area contributed by atoms with Crippen LogP contribution >= 0.6 is 0 Å². The minimum Gasteiger partial charge on any atom is -0.486 e. The zero-order valence-electron chi connectivity index (χ0n) is 12.7. The van der Waals surface area contributed by atoms with Gasteiger partial charge in [0.25, 0.3) is 0 Å². The molecule has 1 aromatic rings. The molecule has 7 nitrogen and oxygen atoms in total. The molecule has 7 heteroatoms. The number of nitrogens with zero attached hydrogens (tertiary/aromatic N) is 3. The molecule has 0 radical (unpaired) electrons. The van der Waals surface area contributed by atoms with Crippen molar-refractivity contribution < 1.29 is 4.74 Å². The van der Waals surface area contributed by atoms with Crippen LogP contribution in [0, 0.1) is 5.92 Å². The average molecular weight is 292 g/mol. The number of nitrogens with two attached hydrogens (primary N) is 1. The molecule has 1 aromatic heterocycles. The van der Waals surface area contributed by atoms with E-state index >= 15 is 0 Å². The van der Waals surface area contributed by atoms with E-state index in [0.717, 1.165) is 49.9 Å². The third-order valence-corrected chi connectivity index (χ3v) is 4.36. The molecule has 0 aliphatic carbocycles. The Labute approximate surface area is 125 Å². The van der Waals surface area contributed by atoms with Crippen LogP contribution in [0.15, 0.2) is 0 Å². The fraction of sp³-hybridized carbons (Fsp3) is 0.714. The van der Waals surface area contributed by atoms with Crippen molar-refractivity contribution in [3.8, 4) is 5.75 Å². The summed E-state index contributed by atoms with van der Waals surface area (Å²) in [5.74, 6) is 3.07. The van der Waals surface area contributed by atoms with Gasteiger partial charge in [0.2, 0.25) is 11.7 Å². The first kappa shape index (κ1) is 14.2. The number of hydrogen-bond donors (Lipinski definition) is 3. The number of nitrogen functional groups attached to an aromatic ring is 1. The summed E-state index contributed by atoms with van der Waals surface area (Å²) in [6.07, 6.45) is 2.17. The lowest BCUT2D eigenvalue weighted by atomic mass is 10.1. The highest BCUT2D eigenvalue weighted by Gasteiger charge is 2.29. The Bertz CT molecular complexity index is 508. The Hall–Kier alpha value is -1.76. The molecule has 0 aromatic carbocycles. The van der Waals surface area contributed by atoms with Crippen LogP contribution in [0.3, 0.4) is 0 Å². The van der Waals surface area contributed by atoms with E-state index in [0.29, 0.717) is 24.5 Å². The third-order valence-electron chi connectivity index (χ3n) is 4.36. The fourth-order valence-corrected chi connectivity index (χ4v) is 2.87. The monoisotopic (exact) mass is 292 g/mol. The highest BCUT2D eigenvalue weighted by molar-refractivity contribution is 5.68.